The second kappa shape index (κ2) is 7.93. The predicted octanol–water partition coefficient (Wildman–Crippen LogP) is 3.23. The minimum absolute atomic E-state index is 0.298. The van der Waals surface area contributed by atoms with Gasteiger partial charge in [-0.15, -0.1) is 10.2 Å². The fourth-order valence-electron chi connectivity index (χ4n) is 1.70. The summed E-state index contributed by atoms with van der Waals surface area (Å²) in [5.41, 5.74) is 0.746. The molecular formula is C15H17FN2O3S. The van der Waals surface area contributed by atoms with Crippen LogP contribution in [0.3, 0.4) is 0 Å². The Morgan fingerprint density at radius 2 is 2.27 bits per heavy atom. The van der Waals surface area contributed by atoms with Gasteiger partial charge in [-0.05, 0) is 31.0 Å². The molecule has 0 aliphatic heterocycles. The number of rotatable bonds is 7. The Hall–Kier alpha value is -1.89. The summed E-state index contributed by atoms with van der Waals surface area (Å²) < 4.78 is 23.6. The van der Waals surface area contributed by atoms with Crippen LogP contribution in [0.2, 0.25) is 0 Å². The van der Waals surface area contributed by atoms with Crippen molar-refractivity contribution in [2.75, 3.05) is 6.61 Å². The topological polar surface area (TPSA) is 65.2 Å². The predicted molar refractivity (Wildman–Crippen MR) is 80.1 cm³/mol. The molecule has 0 saturated carbocycles. The molecule has 118 valence electrons. The van der Waals surface area contributed by atoms with Crippen LogP contribution in [0, 0.1) is 5.82 Å². The lowest BCUT2D eigenvalue weighted by molar-refractivity contribution is -0.142. The van der Waals surface area contributed by atoms with Crippen LogP contribution in [0.5, 0.6) is 0 Å². The van der Waals surface area contributed by atoms with Crippen LogP contribution in [0.25, 0.3) is 0 Å². The molecule has 0 amide bonds. The number of halogens is 1. The molecule has 1 unspecified atom stereocenters. The van der Waals surface area contributed by atoms with E-state index < -0.39 is 5.25 Å². The number of carbonyl (C=O) groups excluding carboxylic acids is 1. The third kappa shape index (κ3) is 4.84. The minimum atomic E-state index is -0.422. The normalized spacial score (nSPS) is 12.1. The standard InChI is InChI=1S/C15H17FN2O3S/c1-3-7-20-14(19)10(2)22-15-18-17-13(21-15)9-11-5-4-6-12(16)8-11/h4-6,8,10H,3,7,9H2,1-2H3. The zero-order valence-corrected chi connectivity index (χ0v) is 13.2. The summed E-state index contributed by atoms with van der Waals surface area (Å²) in [5, 5.41) is 7.66. The smallest absolute Gasteiger partial charge is 0.319 e. The van der Waals surface area contributed by atoms with Crippen LogP contribution in [0.4, 0.5) is 4.39 Å². The number of carbonyl (C=O) groups is 1. The number of ether oxygens (including phenoxy) is 1. The molecule has 7 heteroatoms. The van der Waals surface area contributed by atoms with Gasteiger partial charge in [-0.3, -0.25) is 4.79 Å². The van der Waals surface area contributed by atoms with E-state index in [4.69, 9.17) is 9.15 Å². The summed E-state index contributed by atoms with van der Waals surface area (Å²) in [5.74, 6) is -0.238. The van der Waals surface area contributed by atoms with Crippen molar-refractivity contribution in [1.82, 2.24) is 10.2 Å². The number of aromatic nitrogens is 2. The number of hydrogen-bond acceptors (Lipinski definition) is 6. The molecule has 0 aliphatic rings. The molecule has 1 heterocycles. The molecule has 1 aromatic carbocycles. The van der Waals surface area contributed by atoms with Gasteiger partial charge in [0.1, 0.15) is 11.1 Å². The molecular weight excluding hydrogens is 307 g/mol. The second-order valence-corrected chi connectivity index (χ2v) is 5.99. The van der Waals surface area contributed by atoms with Crippen LogP contribution in [-0.4, -0.2) is 28.0 Å². The lowest BCUT2D eigenvalue weighted by atomic mass is 10.1. The number of nitrogens with zero attached hydrogens (tertiary/aromatic N) is 2. The van der Waals surface area contributed by atoms with E-state index in [1.807, 2.05) is 6.92 Å². The Morgan fingerprint density at radius 1 is 1.45 bits per heavy atom. The summed E-state index contributed by atoms with van der Waals surface area (Å²) in [7, 11) is 0. The van der Waals surface area contributed by atoms with Crippen molar-refractivity contribution in [3.8, 4) is 0 Å². The third-order valence-electron chi connectivity index (χ3n) is 2.75. The van der Waals surface area contributed by atoms with Gasteiger partial charge >= 0.3 is 5.97 Å². The van der Waals surface area contributed by atoms with Gasteiger partial charge < -0.3 is 9.15 Å². The Morgan fingerprint density at radius 3 is 3.00 bits per heavy atom. The van der Waals surface area contributed by atoms with Crippen molar-refractivity contribution in [3.05, 3.63) is 41.5 Å². The monoisotopic (exact) mass is 324 g/mol. The molecule has 0 N–H and O–H groups in total. The quantitative estimate of drug-likeness (QED) is 0.575. The van der Waals surface area contributed by atoms with E-state index in [1.54, 1.807) is 19.1 Å². The second-order valence-electron chi connectivity index (χ2n) is 4.70. The van der Waals surface area contributed by atoms with Gasteiger partial charge in [-0.2, -0.15) is 0 Å². The molecule has 2 aromatic rings. The van der Waals surface area contributed by atoms with Crippen molar-refractivity contribution in [3.63, 3.8) is 0 Å². The maximum Gasteiger partial charge on any atom is 0.319 e. The molecule has 2 rings (SSSR count). The van der Waals surface area contributed by atoms with E-state index >= 15 is 0 Å². The zero-order chi connectivity index (χ0) is 15.9. The number of hydrogen-bond donors (Lipinski definition) is 0. The summed E-state index contributed by atoms with van der Waals surface area (Å²) in [6.45, 7) is 4.05. The Kier molecular flexibility index (Phi) is 5.94. The highest BCUT2D eigenvalue weighted by Gasteiger charge is 2.19. The maximum absolute atomic E-state index is 13.1. The van der Waals surface area contributed by atoms with Crippen LogP contribution >= 0.6 is 11.8 Å². The zero-order valence-electron chi connectivity index (χ0n) is 12.4. The number of esters is 1. The van der Waals surface area contributed by atoms with E-state index in [0.717, 1.165) is 23.7 Å². The van der Waals surface area contributed by atoms with Gasteiger partial charge in [0.05, 0.1) is 13.0 Å². The van der Waals surface area contributed by atoms with Crippen molar-refractivity contribution < 1.29 is 18.3 Å². The SMILES string of the molecule is CCCOC(=O)C(C)Sc1nnc(Cc2cccc(F)c2)o1. The Balaban J connectivity index is 1.92. The lowest BCUT2D eigenvalue weighted by Gasteiger charge is -2.07. The average Bonchev–Trinajstić information content (AvgIpc) is 2.91. The molecule has 1 aromatic heterocycles. The van der Waals surface area contributed by atoms with E-state index in [0.29, 0.717) is 24.1 Å². The molecule has 22 heavy (non-hydrogen) atoms. The molecule has 0 spiro atoms. The first kappa shape index (κ1) is 16.5. The van der Waals surface area contributed by atoms with Crippen LogP contribution < -0.4 is 0 Å². The molecule has 0 radical (unpaired) electrons. The van der Waals surface area contributed by atoms with E-state index in [2.05, 4.69) is 10.2 Å². The number of thioether (sulfide) groups is 1. The molecule has 0 fully saturated rings. The van der Waals surface area contributed by atoms with Gasteiger partial charge in [0, 0.05) is 0 Å². The van der Waals surface area contributed by atoms with Crippen LogP contribution in [0.15, 0.2) is 33.9 Å². The highest BCUT2D eigenvalue weighted by molar-refractivity contribution is 8.00. The first-order valence-corrected chi connectivity index (χ1v) is 7.86. The van der Waals surface area contributed by atoms with Crippen molar-refractivity contribution >= 4 is 17.7 Å². The van der Waals surface area contributed by atoms with E-state index in [1.165, 1.54) is 12.1 Å². The van der Waals surface area contributed by atoms with Crippen LogP contribution in [0.1, 0.15) is 31.7 Å². The fourth-order valence-corrected chi connectivity index (χ4v) is 2.40. The van der Waals surface area contributed by atoms with E-state index in [-0.39, 0.29) is 11.8 Å². The van der Waals surface area contributed by atoms with E-state index in [9.17, 15) is 9.18 Å². The third-order valence-corrected chi connectivity index (χ3v) is 3.66. The van der Waals surface area contributed by atoms with Crippen LogP contribution in [-0.2, 0) is 16.0 Å². The molecule has 5 nitrogen and oxygen atoms in total. The molecule has 0 saturated heterocycles. The van der Waals surface area contributed by atoms with Crippen molar-refractivity contribution in [1.29, 1.82) is 0 Å². The average molecular weight is 324 g/mol. The summed E-state index contributed by atoms with van der Waals surface area (Å²) in [4.78, 5) is 11.7. The van der Waals surface area contributed by atoms with Gasteiger partial charge in [0.15, 0.2) is 0 Å². The van der Waals surface area contributed by atoms with Gasteiger partial charge in [0.25, 0.3) is 5.22 Å². The number of benzene rings is 1. The Bertz CT molecular complexity index is 633. The first-order chi connectivity index (χ1) is 10.6. The Labute approximate surface area is 132 Å². The maximum atomic E-state index is 13.1. The van der Waals surface area contributed by atoms with Crippen molar-refractivity contribution in [2.24, 2.45) is 0 Å². The highest BCUT2D eigenvalue weighted by Crippen LogP contribution is 2.23. The lowest BCUT2D eigenvalue weighted by Crippen LogP contribution is -2.17. The summed E-state index contributed by atoms with van der Waals surface area (Å²) >= 11 is 1.15. The minimum Gasteiger partial charge on any atom is -0.465 e. The highest BCUT2D eigenvalue weighted by atomic mass is 32.2. The summed E-state index contributed by atoms with van der Waals surface area (Å²) in [6.07, 6.45) is 1.13. The van der Waals surface area contributed by atoms with Gasteiger partial charge in [-0.25, -0.2) is 4.39 Å². The van der Waals surface area contributed by atoms with Crippen molar-refractivity contribution in [2.45, 2.75) is 37.2 Å². The van der Waals surface area contributed by atoms with Gasteiger partial charge in [-0.1, -0.05) is 30.8 Å². The summed E-state index contributed by atoms with van der Waals surface area (Å²) in [6, 6.07) is 6.21. The largest absolute Gasteiger partial charge is 0.465 e. The molecule has 0 bridgehead atoms. The fraction of sp³-hybridized carbons (Fsp3) is 0.400. The van der Waals surface area contributed by atoms with Gasteiger partial charge in [0.2, 0.25) is 5.89 Å². The first-order valence-electron chi connectivity index (χ1n) is 6.98. The molecule has 0 aliphatic carbocycles. The molecule has 1 atom stereocenters.